The number of aliphatic imine (C=N–C) groups is 1. The Morgan fingerprint density at radius 2 is 1.93 bits per heavy atom. The maximum absolute atomic E-state index is 12.3. The molecule has 0 radical (unpaired) electrons. The van der Waals surface area contributed by atoms with E-state index in [4.69, 9.17) is 0 Å². The first-order valence-corrected chi connectivity index (χ1v) is 11.3. The zero-order valence-corrected chi connectivity index (χ0v) is 19.8. The summed E-state index contributed by atoms with van der Waals surface area (Å²) in [6.07, 6.45) is 4.87. The second-order valence-corrected chi connectivity index (χ2v) is 8.31. The number of benzene rings is 1. The summed E-state index contributed by atoms with van der Waals surface area (Å²) in [6.45, 7) is 9.27. The zero-order valence-electron chi connectivity index (χ0n) is 16.7. The van der Waals surface area contributed by atoms with Crippen LogP contribution in [0, 0.1) is 0 Å². The van der Waals surface area contributed by atoms with E-state index >= 15 is 0 Å². The predicted molar refractivity (Wildman–Crippen MR) is 127 cm³/mol. The van der Waals surface area contributed by atoms with Gasteiger partial charge in [0.1, 0.15) is 0 Å². The van der Waals surface area contributed by atoms with Gasteiger partial charge in [-0.25, -0.2) is 0 Å². The van der Waals surface area contributed by atoms with Gasteiger partial charge >= 0.3 is 0 Å². The average Bonchev–Trinajstić information content (AvgIpc) is 2.68. The number of nitrogens with one attached hydrogen (secondary N) is 2. The van der Waals surface area contributed by atoms with Gasteiger partial charge in [0.05, 0.1) is 17.3 Å². The first-order valence-electron chi connectivity index (χ1n) is 9.93. The molecule has 2 N–H and O–H groups in total. The Morgan fingerprint density at radius 1 is 1.22 bits per heavy atom. The van der Waals surface area contributed by atoms with Gasteiger partial charge in [0.25, 0.3) is 0 Å². The molecule has 0 bridgehead atoms. The molecule has 0 aromatic heterocycles. The van der Waals surface area contributed by atoms with Crippen molar-refractivity contribution in [3.8, 4) is 0 Å². The van der Waals surface area contributed by atoms with Crippen molar-refractivity contribution in [2.24, 2.45) is 4.99 Å². The van der Waals surface area contributed by atoms with Gasteiger partial charge in [-0.1, -0.05) is 31.5 Å². The third kappa shape index (κ3) is 9.38. The van der Waals surface area contributed by atoms with Crippen LogP contribution in [-0.4, -0.2) is 59.6 Å². The SMILES string of the molecule is CCCCN1CCC(NC(=NCCS(=O)c2ccccc2)NCC)CC1.I. The quantitative estimate of drug-likeness (QED) is 0.307. The molecule has 1 aromatic carbocycles. The number of likely N-dealkylation sites (tertiary alicyclic amines) is 1. The van der Waals surface area contributed by atoms with Gasteiger partial charge in [-0.2, -0.15) is 0 Å². The zero-order chi connectivity index (χ0) is 18.6. The minimum absolute atomic E-state index is 0. The summed E-state index contributed by atoms with van der Waals surface area (Å²) in [5, 5.41) is 6.88. The number of rotatable bonds is 9. The number of hydrogen-bond acceptors (Lipinski definition) is 3. The molecular formula is C20H35IN4OS. The van der Waals surface area contributed by atoms with E-state index in [1.54, 1.807) is 0 Å². The van der Waals surface area contributed by atoms with Crippen molar-refractivity contribution in [1.29, 1.82) is 0 Å². The molecule has 27 heavy (non-hydrogen) atoms. The minimum Gasteiger partial charge on any atom is -0.357 e. The Labute approximate surface area is 184 Å². The molecule has 1 atom stereocenters. The Morgan fingerprint density at radius 3 is 2.56 bits per heavy atom. The fraction of sp³-hybridized carbons (Fsp3) is 0.650. The van der Waals surface area contributed by atoms with Crippen molar-refractivity contribution in [2.45, 2.75) is 50.5 Å². The van der Waals surface area contributed by atoms with E-state index in [1.807, 2.05) is 30.3 Å². The number of nitrogens with zero attached hydrogens (tertiary/aromatic N) is 2. The second-order valence-electron chi connectivity index (χ2n) is 6.74. The molecule has 1 aromatic rings. The standard InChI is InChI=1S/C20H34N4OS.HI/c1-3-5-14-24-15-11-18(12-16-24)23-20(21-4-2)22-13-17-26(25)19-9-7-6-8-10-19;/h6-10,18H,3-5,11-17H2,1-2H3,(H2,21,22,23);1H. The van der Waals surface area contributed by atoms with Crippen molar-refractivity contribution in [1.82, 2.24) is 15.5 Å². The van der Waals surface area contributed by atoms with E-state index in [2.05, 4.69) is 34.4 Å². The summed E-state index contributed by atoms with van der Waals surface area (Å²) in [5.41, 5.74) is 0. The van der Waals surface area contributed by atoms with Crippen LogP contribution in [0.4, 0.5) is 0 Å². The van der Waals surface area contributed by atoms with Crippen LogP contribution >= 0.6 is 24.0 Å². The molecule has 0 spiro atoms. The molecule has 1 fully saturated rings. The number of guanidine groups is 1. The van der Waals surface area contributed by atoms with E-state index < -0.39 is 10.8 Å². The normalized spacial score (nSPS) is 17.2. The van der Waals surface area contributed by atoms with E-state index in [0.717, 1.165) is 43.3 Å². The van der Waals surface area contributed by atoms with Crippen molar-refractivity contribution in [3.05, 3.63) is 30.3 Å². The van der Waals surface area contributed by atoms with Crippen molar-refractivity contribution >= 4 is 40.7 Å². The number of piperidine rings is 1. The molecule has 5 nitrogen and oxygen atoms in total. The maximum atomic E-state index is 12.3. The summed E-state index contributed by atoms with van der Waals surface area (Å²) in [6, 6.07) is 10.1. The van der Waals surface area contributed by atoms with E-state index in [1.165, 1.54) is 19.4 Å². The third-order valence-corrected chi connectivity index (χ3v) is 6.00. The molecule has 1 unspecified atom stereocenters. The Balaban J connectivity index is 0.00000364. The van der Waals surface area contributed by atoms with Crippen LogP contribution in [0.2, 0.25) is 0 Å². The fourth-order valence-electron chi connectivity index (χ4n) is 3.13. The van der Waals surface area contributed by atoms with Gasteiger partial charge in [-0.05, 0) is 44.9 Å². The highest BCUT2D eigenvalue weighted by Gasteiger charge is 2.19. The van der Waals surface area contributed by atoms with Gasteiger partial charge < -0.3 is 15.5 Å². The van der Waals surface area contributed by atoms with E-state index in [9.17, 15) is 4.21 Å². The van der Waals surface area contributed by atoms with Gasteiger partial charge in [0.2, 0.25) is 0 Å². The summed E-state index contributed by atoms with van der Waals surface area (Å²) in [7, 11) is -0.988. The molecule has 154 valence electrons. The highest BCUT2D eigenvalue weighted by molar-refractivity contribution is 14.0. The van der Waals surface area contributed by atoms with E-state index in [-0.39, 0.29) is 24.0 Å². The van der Waals surface area contributed by atoms with Crippen LogP contribution in [-0.2, 0) is 10.8 Å². The second kappa shape index (κ2) is 14.3. The molecule has 1 saturated heterocycles. The molecule has 1 aliphatic heterocycles. The molecule has 0 aliphatic carbocycles. The van der Waals surface area contributed by atoms with Crippen LogP contribution in [0.15, 0.2) is 40.2 Å². The maximum Gasteiger partial charge on any atom is 0.191 e. The van der Waals surface area contributed by atoms with Crippen LogP contribution in [0.25, 0.3) is 0 Å². The Bertz CT molecular complexity index is 562. The van der Waals surface area contributed by atoms with Crippen LogP contribution < -0.4 is 10.6 Å². The third-order valence-electron chi connectivity index (χ3n) is 4.65. The Hall–Kier alpha value is -0.670. The Kier molecular flexibility index (Phi) is 12.9. The number of hydrogen-bond donors (Lipinski definition) is 2. The molecule has 0 amide bonds. The number of halogens is 1. The topological polar surface area (TPSA) is 56.7 Å². The van der Waals surface area contributed by atoms with Crippen LogP contribution in [0.3, 0.4) is 0 Å². The van der Waals surface area contributed by atoms with Crippen LogP contribution in [0.5, 0.6) is 0 Å². The predicted octanol–water partition coefficient (Wildman–Crippen LogP) is 3.23. The van der Waals surface area contributed by atoms with Gasteiger partial charge in [-0.3, -0.25) is 9.20 Å². The van der Waals surface area contributed by atoms with E-state index in [0.29, 0.717) is 18.3 Å². The minimum atomic E-state index is -0.988. The highest BCUT2D eigenvalue weighted by Crippen LogP contribution is 2.11. The number of unbranched alkanes of at least 4 members (excludes halogenated alkanes) is 1. The molecule has 1 heterocycles. The first-order chi connectivity index (χ1) is 12.7. The molecule has 2 rings (SSSR count). The lowest BCUT2D eigenvalue weighted by molar-refractivity contribution is 0.203. The smallest absolute Gasteiger partial charge is 0.191 e. The highest BCUT2D eigenvalue weighted by atomic mass is 127. The largest absolute Gasteiger partial charge is 0.357 e. The molecule has 0 saturated carbocycles. The van der Waals surface area contributed by atoms with Crippen molar-refractivity contribution in [3.63, 3.8) is 0 Å². The average molecular weight is 506 g/mol. The molecule has 7 heteroatoms. The lowest BCUT2D eigenvalue weighted by Crippen LogP contribution is -2.48. The van der Waals surface area contributed by atoms with Gasteiger partial charge in [-0.15, -0.1) is 24.0 Å². The lowest BCUT2D eigenvalue weighted by atomic mass is 10.0. The fourth-order valence-corrected chi connectivity index (χ4v) is 4.08. The summed E-state index contributed by atoms with van der Waals surface area (Å²) in [5.74, 6) is 1.40. The van der Waals surface area contributed by atoms with Crippen molar-refractivity contribution in [2.75, 3.05) is 38.5 Å². The monoisotopic (exact) mass is 506 g/mol. The summed E-state index contributed by atoms with van der Waals surface area (Å²) in [4.78, 5) is 8.07. The summed E-state index contributed by atoms with van der Waals surface area (Å²) < 4.78 is 12.3. The molecule has 1 aliphatic rings. The first kappa shape index (κ1) is 24.4. The van der Waals surface area contributed by atoms with Gasteiger partial charge in [0, 0.05) is 36.3 Å². The molecular weight excluding hydrogens is 471 g/mol. The lowest BCUT2D eigenvalue weighted by Gasteiger charge is -2.33. The van der Waals surface area contributed by atoms with Crippen molar-refractivity contribution < 1.29 is 4.21 Å². The van der Waals surface area contributed by atoms with Crippen LogP contribution in [0.1, 0.15) is 39.5 Å². The summed E-state index contributed by atoms with van der Waals surface area (Å²) >= 11 is 0. The van der Waals surface area contributed by atoms with Gasteiger partial charge in [0.15, 0.2) is 5.96 Å².